The van der Waals surface area contributed by atoms with Crippen LogP contribution in [0.1, 0.15) is 5.56 Å². The van der Waals surface area contributed by atoms with Gasteiger partial charge < -0.3 is 20.1 Å². The summed E-state index contributed by atoms with van der Waals surface area (Å²) in [4.78, 5) is 0. The molecular weight excluding hydrogens is 320 g/mol. The summed E-state index contributed by atoms with van der Waals surface area (Å²) in [5, 5.41) is 7.33. The maximum absolute atomic E-state index is 5.99. The first-order valence-electron chi connectivity index (χ1n) is 6.63. The number of halogens is 1. The van der Waals surface area contributed by atoms with Crippen LogP contribution in [-0.4, -0.2) is 19.3 Å². The monoisotopic (exact) mass is 336 g/mol. The molecule has 0 aliphatic heterocycles. The average Bonchev–Trinajstić information content (AvgIpc) is 2.53. The van der Waals surface area contributed by atoms with E-state index >= 15 is 0 Å². The SMILES string of the molecule is COc1ccc(CNC(=S)Nc2cc(Cl)ccc2OC)cc1. The lowest BCUT2D eigenvalue weighted by molar-refractivity contribution is 0.414. The Morgan fingerprint density at radius 1 is 1.09 bits per heavy atom. The molecule has 116 valence electrons. The minimum atomic E-state index is 0.497. The molecule has 2 aromatic carbocycles. The third-order valence-electron chi connectivity index (χ3n) is 3.02. The van der Waals surface area contributed by atoms with Gasteiger partial charge in [-0.2, -0.15) is 0 Å². The second-order valence-electron chi connectivity index (χ2n) is 4.50. The summed E-state index contributed by atoms with van der Waals surface area (Å²) in [7, 11) is 3.24. The minimum absolute atomic E-state index is 0.497. The average molecular weight is 337 g/mol. The van der Waals surface area contributed by atoms with Gasteiger partial charge in [-0.1, -0.05) is 23.7 Å². The Labute approximate surface area is 140 Å². The van der Waals surface area contributed by atoms with Gasteiger partial charge in [0.05, 0.1) is 19.9 Å². The van der Waals surface area contributed by atoms with Crippen LogP contribution in [0.15, 0.2) is 42.5 Å². The molecule has 0 aromatic heterocycles. The van der Waals surface area contributed by atoms with Crippen LogP contribution in [0.3, 0.4) is 0 Å². The van der Waals surface area contributed by atoms with Crippen LogP contribution in [-0.2, 0) is 6.54 Å². The largest absolute Gasteiger partial charge is 0.497 e. The second kappa shape index (κ2) is 7.87. The molecule has 0 spiro atoms. The molecule has 2 aromatic rings. The van der Waals surface area contributed by atoms with E-state index in [4.69, 9.17) is 33.3 Å². The third kappa shape index (κ3) is 4.51. The first-order valence-corrected chi connectivity index (χ1v) is 7.42. The highest BCUT2D eigenvalue weighted by Crippen LogP contribution is 2.27. The fourth-order valence-electron chi connectivity index (χ4n) is 1.87. The summed E-state index contributed by atoms with van der Waals surface area (Å²) in [5.74, 6) is 1.51. The highest BCUT2D eigenvalue weighted by Gasteiger charge is 2.06. The Bertz CT molecular complexity index is 647. The van der Waals surface area contributed by atoms with Gasteiger partial charge in [0.15, 0.2) is 5.11 Å². The number of methoxy groups -OCH3 is 2. The summed E-state index contributed by atoms with van der Waals surface area (Å²) in [6, 6.07) is 13.1. The molecule has 0 atom stereocenters. The third-order valence-corrected chi connectivity index (χ3v) is 3.50. The lowest BCUT2D eigenvalue weighted by Crippen LogP contribution is -2.28. The van der Waals surface area contributed by atoms with E-state index in [9.17, 15) is 0 Å². The van der Waals surface area contributed by atoms with Gasteiger partial charge in [0.1, 0.15) is 11.5 Å². The Morgan fingerprint density at radius 2 is 1.82 bits per heavy atom. The van der Waals surface area contributed by atoms with Crippen LogP contribution >= 0.6 is 23.8 Å². The lowest BCUT2D eigenvalue weighted by atomic mass is 10.2. The van der Waals surface area contributed by atoms with Gasteiger partial charge in [-0.25, -0.2) is 0 Å². The van der Waals surface area contributed by atoms with E-state index in [1.54, 1.807) is 32.4 Å². The Morgan fingerprint density at radius 3 is 2.45 bits per heavy atom. The zero-order valence-electron chi connectivity index (χ0n) is 12.4. The summed E-state index contributed by atoms with van der Waals surface area (Å²) in [5.41, 5.74) is 1.82. The van der Waals surface area contributed by atoms with Crippen molar-refractivity contribution in [1.82, 2.24) is 5.32 Å². The fourth-order valence-corrected chi connectivity index (χ4v) is 2.22. The van der Waals surface area contributed by atoms with Crippen LogP contribution in [0.4, 0.5) is 5.69 Å². The molecule has 4 nitrogen and oxygen atoms in total. The molecule has 0 amide bonds. The van der Waals surface area contributed by atoms with E-state index in [1.165, 1.54) is 0 Å². The summed E-state index contributed by atoms with van der Waals surface area (Å²) < 4.78 is 10.4. The molecule has 0 fully saturated rings. The van der Waals surface area contributed by atoms with Gasteiger partial charge in [0, 0.05) is 11.6 Å². The van der Waals surface area contributed by atoms with E-state index in [2.05, 4.69) is 10.6 Å². The number of ether oxygens (including phenoxy) is 2. The molecule has 6 heteroatoms. The Balaban J connectivity index is 1.94. The smallest absolute Gasteiger partial charge is 0.171 e. The summed E-state index contributed by atoms with van der Waals surface area (Å²) in [6.45, 7) is 0.610. The summed E-state index contributed by atoms with van der Waals surface area (Å²) >= 11 is 11.3. The maximum Gasteiger partial charge on any atom is 0.171 e. The number of rotatable bonds is 5. The molecule has 22 heavy (non-hydrogen) atoms. The van der Waals surface area contributed by atoms with Crippen LogP contribution < -0.4 is 20.1 Å². The van der Waals surface area contributed by atoms with Crippen molar-refractivity contribution in [2.45, 2.75) is 6.54 Å². The van der Waals surface area contributed by atoms with Crippen molar-refractivity contribution in [3.8, 4) is 11.5 Å². The number of thiocarbonyl (C=S) groups is 1. The molecule has 2 rings (SSSR count). The minimum Gasteiger partial charge on any atom is -0.497 e. The van der Waals surface area contributed by atoms with Gasteiger partial charge in [-0.15, -0.1) is 0 Å². The molecule has 0 unspecified atom stereocenters. The zero-order chi connectivity index (χ0) is 15.9. The van der Waals surface area contributed by atoms with Crippen molar-refractivity contribution < 1.29 is 9.47 Å². The second-order valence-corrected chi connectivity index (χ2v) is 5.35. The molecular formula is C16H17ClN2O2S. The molecule has 0 aliphatic carbocycles. The first-order chi connectivity index (χ1) is 10.6. The fraction of sp³-hybridized carbons (Fsp3) is 0.188. The Kier molecular flexibility index (Phi) is 5.86. The molecule has 0 radical (unpaired) electrons. The molecule has 0 heterocycles. The summed E-state index contributed by atoms with van der Waals surface area (Å²) in [6.07, 6.45) is 0. The van der Waals surface area contributed by atoms with Crippen LogP contribution in [0.25, 0.3) is 0 Å². The highest BCUT2D eigenvalue weighted by molar-refractivity contribution is 7.80. The van der Waals surface area contributed by atoms with E-state index < -0.39 is 0 Å². The molecule has 0 saturated heterocycles. The predicted molar refractivity (Wildman–Crippen MR) is 94.1 cm³/mol. The van der Waals surface area contributed by atoms with Gasteiger partial charge in [-0.05, 0) is 48.1 Å². The van der Waals surface area contributed by atoms with Crippen molar-refractivity contribution in [3.05, 3.63) is 53.1 Å². The van der Waals surface area contributed by atoms with Crippen molar-refractivity contribution in [3.63, 3.8) is 0 Å². The van der Waals surface area contributed by atoms with Gasteiger partial charge in [0.2, 0.25) is 0 Å². The van der Waals surface area contributed by atoms with Crippen LogP contribution in [0, 0.1) is 0 Å². The number of nitrogens with one attached hydrogen (secondary N) is 2. The molecule has 2 N–H and O–H groups in total. The Hall–Kier alpha value is -1.98. The highest BCUT2D eigenvalue weighted by atomic mass is 35.5. The van der Waals surface area contributed by atoms with Crippen molar-refractivity contribution in [2.75, 3.05) is 19.5 Å². The zero-order valence-corrected chi connectivity index (χ0v) is 13.9. The number of anilines is 1. The predicted octanol–water partition coefficient (Wildman–Crippen LogP) is 3.84. The van der Waals surface area contributed by atoms with E-state index in [-0.39, 0.29) is 0 Å². The molecule has 0 aliphatic rings. The van der Waals surface area contributed by atoms with Crippen LogP contribution in [0.2, 0.25) is 5.02 Å². The maximum atomic E-state index is 5.99. The lowest BCUT2D eigenvalue weighted by Gasteiger charge is -2.14. The number of benzene rings is 2. The normalized spacial score (nSPS) is 9.95. The van der Waals surface area contributed by atoms with E-state index in [0.29, 0.717) is 22.4 Å². The quantitative estimate of drug-likeness (QED) is 0.812. The van der Waals surface area contributed by atoms with Gasteiger partial charge in [-0.3, -0.25) is 0 Å². The van der Waals surface area contributed by atoms with Gasteiger partial charge in [0.25, 0.3) is 0 Å². The number of hydrogen-bond acceptors (Lipinski definition) is 3. The van der Waals surface area contributed by atoms with Crippen molar-refractivity contribution in [1.29, 1.82) is 0 Å². The number of hydrogen-bond donors (Lipinski definition) is 2. The topological polar surface area (TPSA) is 42.5 Å². The van der Waals surface area contributed by atoms with Crippen LogP contribution in [0.5, 0.6) is 11.5 Å². The van der Waals surface area contributed by atoms with Crippen molar-refractivity contribution >= 4 is 34.6 Å². The van der Waals surface area contributed by atoms with E-state index in [0.717, 1.165) is 17.0 Å². The van der Waals surface area contributed by atoms with E-state index in [1.807, 2.05) is 24.3 Å². The first kappa shape index (κ1) is 16.4. The molecule has 0 bridgehead atoms. The molecule has 0 saturated carbocycles. The standard InChI is InChI=1S/C16H17ClN2O2S/c1-20-13-6-3-11(4-7-13)10-18-16(22)19-14-9-12(17)5-8-15(14)21-2/h3-9H,10H2,1-2H3,(H2,18,19,22). The van der Waals surface area contributed by atoms with Crippen molar-refractivity contribution in [2.24, 2.45) is 0 Å². The van der Waals surface area contributed by atoms with Gasteiger partial charge >= 0.3 is 0 Å².